The van der Waals surface area contributed by atoms with Crippen LogP contribution in [0.2, 0.25) is 0 Å². The predicted molar refractivity (Wildman–Crippen MR) is 60.9 cm³/mol. The van der Waals surface area contributed by atoms with Gasteiger partial charge in [-0.3, -0.25) is 0 Å². The summed E-state index contributed by atoms with van der Waals surface area (Å²) in [6.07, 6.45) is 3.59. The summed E-state index contributed by atoms with van der Waals surface area (Å²) in [6, 6.07) is -0.208. The molecule has 7 heteroatoms. The lowest BCUT2D eigenvalue weighted by atomic mass is 9.95. The van der Waals surface area contributed by atoms with E-state index in [4.69, 9.17) is 5.11 Å². The molecule has 17 heavy (non-hydrogen) atoms. The largest absolute Gasteiger partial charge is 0.390 e. The lowest BCUT2D eigenvalue weighted by Gasteiger charge is -2.29. The highest BCUT2D eigenvalue weighted by Gasteiger charge is 2.32. The molecular formula is C10H19F2NO3S. The fourth-order valence-corrected chi connectivity index (χ4v) is 3.25. The summed E-state index contributed by atoms with van der Waals surface area (Å²) in [5.41, 5.74) is 0. The Kier molecular flexibility index (Phi) is 4.86. The summed E-state index contributed by atoms with van der Waals surface area (Å²) in [7, 11) is -3.10. The summed E-state index contributed by atoms with van der Waals surface area (Å²) in [5, 5.41) is 10.6. The fraction of sp³-hybridized carbons (Fsp3) is 1.00. The van der Waals surface area contributed by atoms with E-state index < -0.39 is 34.2 Å². The maximum absolute atomic E-state index is 12.8. The molecule has 4 nitrogen and oxygen atoms in total. The predicted octanol–water partition coefficient (Wildman–Crippen LogP) is 0.559. The molecule has 0 aromatic heterocycles. The zero-order valence-corrected chi connectivity index (χ0v) is 10.6. The average molecular weight is 271 g/mol. The molecule has 2 unspecified atom stereocenters. The first-order valence-electron chi connectivity index (χ1n) is 5.65. The van der Waals surface area contributed by atoms with Gasteiger partial charge in [-0.05, 0) is 19.3 Å². The Morgan fingerprint density at radius 1 is 1.41 bits per heavy atom. The first kappa shape index (κ1) is 14.8. The molecule has 0 spiro atoms. The number of rotatable bonds is 5. The van der Waals surface area contributed by atoms with Crippen LogP contribution in [-0.4, -0.2) is 50.1 Å². The molecule has 0 heterocycles. The van der Waals surface area contributed by atoms with Gasteiger partial charge in [0, 0.05) is 12.3 Å². The number of nitrogens with one attached hydrogen (secondary N) is 1. The number of alkyl halides is 2. The lowest BCUT2D eigenvalue weighted by Crippen LogP contribution is -2.45. The van der Waals surface area contributed by atoms with Gasteiger partial charge in [0.1, 0.15) is 16.4 Å². The van der Waals surface area contributed by atoms with Crippen LogP contribution < -0.4 is 5.32 Å². The third kappa shape index (κ3) is 4.85. The van der Waals surface area contributed by atoms with Crippen LogP contribution in [0.3, 0.4) is 0 Å². The number of sulfone groups is 1. The van der Waals surface area contributed by atoms with Crippen LogP contribution in [-0.2, 0) is 9.84 Å². The third-order valence-corrected chi connectivity index (χ3v) is 4.75. The molecule has 2 N–H and O–H groups in total. The molecule has 1 aliphatic carbocycles. The molecule has 102 valence electrons. The summed E-state index contributed by atoms with van der Waals surface area (Å²) in [4.78, 5) is 0. The Morgan fingerprint density at radius 2 is 2.06 bits per heavy atom. The Hall–Kier alpha value is -0.270. The van der Waals surface area contributed by atoms with Crippen molar-refractivity contribution in [2.75, 3.05) is 19.4 Å². The van der Waals surface area contributed by atoms with Gasteiger partial charge in [0.05, 0.1) is 11.8 Å². The third-order valence-electron chi connectivity index (χ3n) is 3.11. The topological polar surface area (TPSA) is 66.4 Å². The second-order valence-electron chi connectivity index (χ2n) is 4.71. The van der Waals surface area contributed by atoms with Gasteiger partial charge in [0.25, 0.3) is 5.92 Å². The van der Waals surface area contributed by atoms with Gasteiger partial charge in [0.2, 0.25) is 0 Å². The van der Waals surface area contributed by atoms with E-state index in [1.807, 2.05) is 0 Å². The highest BCUT2D eigenvalue weighted by atomic mass is 32.2. The van der Waals surface area contributed by atoms with Crippen molar-refractivity contribution in [3.63, 3.8) is 0 Å². The van der Waals surface area contributed by atoms with E-state index in [1.165, 1.54) is 6.26 Å². The van der Waals surface area contributed by atoms with E-state index in [-0.39, 0.29) is 6.04 Å². The molecule has 0 amide bonds. The van der Waals surface area contributed by atoms with Gasteiger partial charge in [-0.1, -0.05) is 6.42 Å². The minimum Gasteiger partial charge on any atom is -0.390 e. The van der Waals surface area contributed by atoms with E-state index in [9.17, 15) is 17.2 Å². The van der Waals surface area contributed by atoms with Gasteiger partial charge in [0.15, 0.2) is 0 Å². The summed E-state index contributed by atoms with van der Waals surface area (Å²) < 4.78 is 48.4. The van der Waals surface area contributed by atoms with Crippen molar-refractivity contribution < 1.29 is 22.3 Å². The minimum atomic E-state index is -3.14. The highest BCUT2D eigenvalue weighted by molar-refractivity contribution is 7.91. The first-order valence-corrected chi connectivity index (χ1v) is 7.61. The zero-order chi connectivity index (χ0) is 13.1. The summed E-state index contributed by atoms with van der Waals surface area (Å²) in [6.45, 7) is -1.80. The van der Waals surface area contributed by atoms with E-state index in [1.54, 1.807) is 0 Å². The van der Waals surface area contributed by atoms with Crippen molar-refractivity contribution in [1.82, 2.24) is 5.32 Å². The molecule has 0 aromatic rings. The van der Waals surface area contributed by atoms with E-state index >= 15 is 0 Å². The maximum Gasteiger partial charge on any atom is 0.282 e. The Morgan fingerprint density at radius 3 is 2.59 bits per heavy atom. The monoisotopic (exact) mass is 271 g/mol. The van der Waals surface area contributed by atoms with Gasteiger partial charge in [-0.25, -0.2) is 17.2 Å². The molecule has 1 saturated carbocycles. The molecule has 1 rings (SSSR count). The van der Waals surface area contributed by atoms with Gasteiger partial charge >= 0.3 is 0 Å². The van der Waals surface area contributed by atoms with Crippen molar-refractivity contribution in [3.05, 3.63) is 0 Å². The van der Waals surface area contributed by atoms with Crippen molar-refractivity contribution in [2.45, 2.75) is 42.9 Å². The van der Waals surface area contributed by atoms with E-state index in [0.29, 0.717) is 19.3 Å². The smallest absolute Gasteiger partial charge is 0.282 e. The normalized spacial score (nSPS) is 27.1. The van der Waals surface area contributed by atoms with Crippen molar-refractivity contribution in [1.29, 1.82) is 0 Å². The molecule has 0 bridgehead atoms. The van der Waals surface area contributed by atoms with Crippen molar-refractivity contribution in [3.8, 4) is 0 Å². The highest BCUT2D eigenvalue weighted by Crippen LogP contribution is 2.24. The number of aliphatic hydroxyl groups excluding tert-OH is 1. The van der Waals surface area contributed by atoms with Gasteiger partial charge < -0.3 is 10.4 Å². The average Bonchev–Trinajstić information content (AvgIpc) is 2.26. The Balaban J connectivity index is 2.46. The van der Waals surface area contributed by atoms with Gasteiger partial charge in [-0.2, -0.15) is 0 Å². The number of halogens is 2. The number of aliphatic hydroxyl groups is 1. The molecule has 0 aliphatic heterocycles. The van der Waals surface area contributed by atoms with Crippen LogP contribution in [0, 0.1) is 0 Å². The van der Waals surface area contributed by atoms with Crippen LogP contribution in [0.25, 0.3) is 0 Å². The van der Waals surface area contributed by atoms with Crippen LogP contribution >= 0.6 is 0 Å². The summed E-state index contributed by atoms with van der Waals surface area (Å²) >= 11 is 0. The minimum absolute atomic E-state index is 0.208. The molecule has 2 atom stereocenters. The van der Waals surface area contributed by atoms with Crippen molar-refractivity contribution in [2.24, 2.45) is 0 Å². The maximum atomic E-state index is 12.8. The SMILES string of the molecule is CS(=O)(=O)C1CCCC(NCC(F)(F)CO)C1. The van der Waals surface area contributed by atoms with Crippen LogP contribution in [0.1, 0.15) is 25.7 Å². The van der Waals surface area contributed by atoms with Crippen LogP contribution in [0.4, 0.5) is 8.78 Å². The Bertz CT molecular complexity index is 345. The fourth-order valence-electron chi connectivity index (χ4n) is 2.07. The number of hydrogen-bond donors (Lipinski definition) is 2. The summed E-state index contributed by atoms with van der Waals surface area (Å²) in [5.74, 6) is -3.14. The van der Waals surface area contributed by atoms with Gasteiger partial charge in [-0.15, -0.1) is 0 Å². The molecule has 0 aromatic carbocycles. The second kappa shape index (κ2) is 5.58. The second-order valence-corrected chi connectivity index (χ2v) is 7.04. The number of hydrogen-bond acceptors (Lipinski definition) is 4. The molecule has 1 aliphatic rings. The van der Waals surface area contributed by atoms with Crippen molar-refractivity contribution >= 4 is 9.84 Å². The molecular weight excluding hydrogens is 252 g/mol. The standard InChI is InChI=1S/C10H19F2NO3S/c1-17(15,16)9-4-2-3-8(5-9)13-6-10(11,12)7-14/h8-9,13-14H,2-7H2,1H3. The molecule has 0 saturated heterocycles. The zero-order valence-electron chi connectivity index (χ0n) is 9.83. The quantitative estimate of drug-likeness (QED) is 0.767. The van der Waals surface area contributed by atoms with E-state index in [0.717, 1.165) is 6.42 Å². The lowest BCUT2D eigenvalue weighted by molar-refractivity contribution is -0.0499. The first-order chi connectivity index (χ1) is 7.74. The van der Waals surface area contributed by atoms with E-state index in [2.05, 4.69) is 5.32 Å². The van der Waals surface area contributed by atoms with Crippen LogP contribution in [0.15, 0.2) is 0 Å². The molecule has 0 radical (unpaired) electrons. The van der Waals surface area contributed by atoms with Crippen LogP contribution in [0.5, 0.6) is 0 Å². The Labute approximate surface area is 100 Å². The molecule has 1 fully saturated rings.